The zero-order chi connectivity index (χ0) is 18.8. The molecular weight excluding hydrogens is 360 g/mol. The second-order valence-corrected chi connectivity index (χ2v) is 7.05. The van der Waals surface area contributed by atoms with Crippen molar-refractivity contribution in [3.8, 4) is 5.75 Å². The summed E-state index contributed by atoms with van der Waals surface area (Å²) in [5.74, 6) is 0.414. The van der Waals surface area contributed by atoms with Crippen molar-refractivity contribution in [2.24, 2.45) is 12.0 Å². The monoisotopic (exact) mass is 378 g/mol. The number of hydrogen-bond donors (Lipinski definition) is 0. The van der Waals surface area contributed by atoms with Crippen molar-refractivity contribution in [1.82, 2.24) is 14.0 Å². The second kappa shape index (κ2) is 7.20. The number of fused-ring (bicyclic) bond motifs is 1. The third-order valence-corrected chi connectivity index (χ3v) is 5.02. The summed E-state index contributed by atoms with van der Waals surface area (Å²) in [7, 11) is 1.86. The van der Waals surface area contributed by atoms with Gasteiger partial charge in [-0.3, -0.25) is 4.79 Å². The highest BCUT2D eigenvalue weighted by atomic mass is 32.1. The number of thiazole rings is 1. The van der Waals surface area contributed by atoms with Crippen LogP contribution in [0.25, 0.3) is 5.65 Å². The number of carbonyl (C=O) groups excluding carboxylic acids is 1. The van der Waals surface area contributed by atoms with Crippen LogP contribution in [0.2, 0.25) is 0 Å². The Balaban J connectivity index is 1.45. The van der Waals surface area contributed by atoms with Gasteiger partial charge in [0.2, 0.25) is 0 Å². The first-order chi connectivity index (χ1) is 13.1. The molecule has 0 unspecified atom stereocenters. The maximum Gasteiger partial charge on any atom is 0.279 e. The summed E-state index contributed by atoms with van der Waals surface area (Å²) in [5.41, 5.74) is 3.43. The van der Waals surface area contributed by atoms with E-state index in [0.717, 1.165) is 16.9 Å². The van der Waals surface area contributed by atoms with Gasteiger partial charge in [-0.25, -0.2) is 4.98 Å². The molecular formula is C20H18N4O2S. The average molecular weight is 378 g/mol. The van der Waals surface area contributed by atoms with Gasteiger partial charge in [0.25, 0.3) is 5.91 Å². The van der Waals surface area contributed by atoms with Crippen molar-refractivity contribution in [2.45, 2.75) is 13.5 Å². The molecule has 0 saturated carbocycles. The fourth-order valence-electron chi connectivity index (χ4n) is 2.71. The molecule has 7 heteroatoms. The Labute approximate surface area is 160 Å². The predicted octanol–water partition coefficient (Wildman–Crippen LogP) is 3.36. The van der Waals surface area contributed by atoms with E-state index in [1.54, 1.807) is 24.3 Å². The number of rotatable bonds is 4. The maximum atomic E-state index is 12.3. The molecule has 27 heavy (non-hydrogen) atoms. The summed E-state index contributed by atoms with van der Waals surface area (Å²) >= 11 is 1.43. The van der Waals surface area contributed by atoms with Crippen LogP contribution in [0.3, 0.4) is 0 Å². The van der Waals surface area contributed by atoms with Gasteiger partial charge in [0, 0.05) is 36.6 Å². The van der Waals surface area contributed by atoms with Gasteiger partial charge >= 0.3 is 0 Å². The van der Waals surface area contributed by atoms with Crippen LogP contribution in [-0.2, 0) is 13.7 Å². The number of aromatic nitrogens is 3. The van der Waals surface area contributed by atoms with Gasteiger partial charge in [-0.2, -0.15) is 4.99 Å². The van der Waals surface area contributed by atoms with E-state index in [0.29, 0.717) is 22.7 Å². The molecule has 4 aromatic rings. The zero-order valence-electron chi connectivity index (χ0n) is 15.0. The maximum absolute atomic E-state index is 12.3. The molecule has 3 aromatic heterocycles. The van der Waals surface area contributed by atoms with Crippen molar-refractivity contribution >= 4 is 22.9 Å². The molecule has 0 N–H and O–H groups in total. The van der Waals surface area contributed by atoms with Gasteiger partial charge in [0.15, 0.2) is 4.80 Å². The van der Waals surface area contributed by atoms with Crippen molar-refractivity contribution in [2.75, 3.05) is 0 Å². The Morgan fingerprint density at radius 2 is 2.04 bits per heavy atom. The van der Waals surface area contributed by atoms with Crippen LogP contribution in [0.4, 0.5) is 0 Å². The summed E-state index contributed by atoms with van der Waals surface area (Å²) in [4.78, 5) is 21.7. The molecule has 0 bridgehead atoms. The number of carbonyl (C=O) groups is 1. The normalized spacial score (nSPS) is 11.9. The number of nitrogens with zero attached hydrogens (tertiary/aromatic N) is 4. The predicted molar refractivity (Wildman–Crippen MR) is 104 cm³/mol. The molecule has 0 fully saturated rings. The molecule has 1 amide bonds. The largest absolute Gasteiger partial charge is 0.487 e. The van der Waals surface area contributed by atoms with Gasteiger partial charge in [-0.05, 0) is 42.8 Å². The van der Waals surface area contributed by atoms with Crippen LogP contribution < -0.4 is 9.54 Å². The molecule has 136 valence electrons. The third-order valence-electron chi connectivity index (χ3n) is 4.17. The number of hydrogen-bond acceptors (Lipinski definition) is 4. The van der Waals surface area contributed by atoms with Crippen molar-refractivity contribution in [1.29, 1.82) is 0 Å². The molecule has 0 aliphatic rings. The smallest absolute Gasteiger partial charge is 0.279 e. The molecule has 0 spiro atoms. The molecule has 3 heterocycles. The summed E-state index contributed by atoms with van der Waals surface area (Å²) in [5, 5.41) is 1.89. The number of benzene rings is 1. The standard InChI is InChI=1S/C20H18N4O2S/c1-14-4-3-9-24-12-16(21-18(14)24)13-26-17-7-5-15(6-8-17)19(25)22-20-23(2)10-11-27-20/h3-12H,13H2,1-2H3. The van der Waals surface area contributed by atoms with E-state index in [1.165, 1.54) is 11.3 Å². The van der Waals surface area contributed by atoms with Crippen molar-refractivity contribution in [3.05, 3.63) is 82.0 Å². The lowest BCUT2D eigenvalue weighted by Crippen LogP contribution is -2.12. The van der Waals surface area contributed by atoms with Gasteiger partial charge in [-0.1, -0.05) is 6.07 Å². The van der Waals surface area contributed by atoms with Gasteiger partial charge < -0.3 is 13.7 Å². The summed E-state index contributed by atoms with van der Waals surface area (Å²) in [6.07, 6.45) is 5.80. The molecule has 1 aromatic carbocycles. The Morgan fingerprint density at radius 1 is 1.22 bits per heavy atom. The van der Waals surface area contributed by atoms with E-state index in [1.807, 2.05) is 59.0 Å². The summed E-state index contributed by atoms with van der Waals surface area (Å²) < 4.78 is 9.61. The van der Waals surface area contributed by atoms with E-state index >= 15 is 0 Å². The molecule has 4 rings (SSSR count). The van der Waals surface area contributed by atoms with Gasteiger partial charge in [-0.15, -0.1) is 11.3 Å². The Morgan fingerprint density at radius 3 is 2.74 bits per heavy atom. The van der Waals surface area contributed by atoms with E-state index in [4.69, 9.17) is 4.74 Å². The first kappa shape index (κ1) is 17.2. The van der Waals surface area contributed by atoms with Gasteiger partial charge in [0.05, 0.1) is 5.69 Å². The average Bonchev–Trinajstić information content (AvgIpc) is 3.27. The molecule has 0 saturated heterocycles. The topological polar surface area (TPSA) is 60.9 Å². The second-order valence-electron chi connectivity index (χ2n) is 6.18. The number of amides is 1. The van der Waals surface area contributed by atoms with Crippen LogP contribution in [0.15, 0.2) is 65.4 Å². The lowest BCUT2D eigenvalue weighted by molar-refractivity contribution is 0.0998. The van der Waals surface area contributed by atoms with Crippen molar-refractivity contribution in [3.63, 3.8) is 0 Å². The highest BCUT2D eigenvalue weighted by Crippen LogP contribution is 2.16. The quantitative estimate of drug-likeness (QED) is 0.547. The number of pyridine rings is 1. The van der Waals surface area contributed by atoms with Crippen LogP contribution in [0.1, 0.15) is 21.6 Å². The van der Waals surface area contributed by atoms with E-state index in [9.17, 15) is 4.79 Å². The van der Waals surface area contributed by atoms with Gasteiger partial charge in [0.1, 0.15) is 18.0 Å². The molecule has 0 aliphatic heterocycles. The van der Waals surface area contributed by atoms with Crippen LogP contribution in [-0.4, -0.2) is 19.9 Å². The fourth-order valence-corrected chi connectivity index (χ4v) is 3.44. The minimum Gasteiger partial charge on any atom is -0.487 e. The third kappa shape index (κ3) is 3.68. The van der Waals surface area contributed by atoms with Crippen LogP contribution in [0.5, 0.6) is 5.75 Å². The van der Waals surface area contributed by atoms with Crippen molar-refractivity contribution < 1.29 is 9.53 Å². The zero-order valence-corrected chi connectivity index (χ0v) is 15.8. The summed E-state index contributed by atoms with van der Waals surface area (Å²) in [6.45, 7) is 2.40. The number of imidazole rings is 1. The molecule has 0 aliphatic carbocycles. The summed E-state index contributed by atoms with van der Waals surface area (Å²) in [6, 6.07) is 11.0. The number of aryl methyl sites for hydroxylation is 2. The SMILES string of the molecule is Cc1cccn2cc(COc3ccc(C(=O)N=c4sccn4C)cc3)nc12. The van der Waals surface area contributed by atoms with Crippen LogP contribution in [0, 0.1) is 6.92 Å². The Kier molecular flexibility index (Phi) is 4.60. The Hall–Kier alpha value is -3.19. The molecule has 6 nitrogen and oxygen atoms in total. The minimum atomic E-state index is -0.268. The molecule has 0 atom stereocenters. The Bertz CT molecular complexity index is 1170. The minimum absolute atomic E-state index is 0.268. The highest BCUT2D eigenvalue weighted by Gasteiger charge is 2.07. The lowest BCUT2D eigenvalue weighted by Gasteiger charge is -2.04. The first-order valence-electron chi connectivity index (χ1n) is 8.45. The lowest BCUT2D eigenvalue weighted by atomic mass is 10.2. The van der Waals surface area contributed by atoms with Crippen LogP contribution >= 0.6 is 11.3 Å². The van der Waals surface area contributed by atoms with E-state index in [2.05, 4.69) is 9.98 Å². The van der Waals surface area contributed by atoms with E-state index < -0.39 is 0 Å². The molecule has 0 radical (unpaired) electrons. The number of ether oxygens (including phenoxy) is 1. The fraction of sp³-hybridized carbons (Fsp3) is 0.150. The van der Waals surface area contributed by atoms with E-state index in [-0.39, 0.29) is 5.91 Å². The highest BCUT2D eigenvalue weighted by molar-refractivity contribution is 7.07. The first-order valence-corrected chi connectivity index (χ1v) is 9.33.